The lowest BCUT2D eigenvalue weighted by Gasteiger charge is -2.18. The molecule has 0 aromatic carbocycles. The van der Waals surface area contributed by atoms with Crippen LogP contribution in [0, 0.1) is 5.41 Å². The van der Waals surface area contributed by atoms with Gasteiger partial charge in [0, 0.05) is 24.4 Å². The molecule has 0 aliphatic heterocycles. The van der Waals surface area contributed by atoms with Crippen molar-refractivity contribution in [2.45, 2.75) is 53.0 Å². The van der Waals surface area contributed by atoms with Gasteiger partial charge in [0.1, 0.15) is 0 Å². The van der Waals surface area contributed by atoms with Gasteiger partial charge < -0.3 is 15.7 Å². The molecule has 0 aliphatic carbocycles. The lowest BCUT2D eigenvalue weighted by Crippen LogP contribution is -2.40. The molecular weight excluding hydrogens is 248 g/mol. The minimum absolute atomic E-state index is 0.0867. The molecule has 0 aromatic heterocycles. The maximum absolute atomic E-state index is 11.6. The molecule has 0 fully saturated rings. The molecule has 0 spiro atoms. The van der Waals surface area contributed by atoms with Crippen molar-refractivity contribution in [3.63, 3.8) is 0 Å². The van der Waals surface area contributed by atoms with Gasteiger partial charge in [-0.05, 0) is 6.42 Å². The first-order chi connectivity index (χ1) is 8.66. The summed E-state index contributed by atoms with van der Waals surface area (Å²) in [5.74, 6) is -1.30. The molecule has 6 heteroatoms. The molecule has 19 heavy (non-hydrogen) atoms. The summed E-state index contributed by atoms with van der Waals surface area (Å²) in [6.07, 6.45) is 0.626. The normalized spacial score (nSPS) is 12.6. The second-order valence-corrected chi connectivity index (χ2v) is 5.53. The highest BCUT2D eigenvalue weighted by atomic mass is 16.4. The molecule has 110 valence electrons. The SMILES string of the molecule is CCC(CC(=O)O)NC(=O)CCNC(=O)C(C)(C)C. The maximum Gasteiger partial charge on any atom is 0.305 e. The Balaban J connectivity index is 3.99. The van der Waals surface area contributed by atoms with Crippen LogP contribution in [0.5, 0.6) is 0 Å². The molecule has 2 amide bonds. The number of aliphatic carboxylic acids is 1. The van der Waals surface area contributed by atoms with Gasteiger partial charge in [-0.3, -0.25) is 14.4 Å². The predicted octanol–water partition coefficient (Wildman–Crippen LogP) is 0.908. The van der Waals surface area contributed by atoms with Gasteiger partial charge in [0.15, 0.2) is 0 Å². The number of hydrogen-bond acceptors (Lipinski definition) is 3. The number of nitrogens with one attached hydrogen (secondary N) is 2. The van der Waals surface area contributed by atoms with E-state index in [1.165, 1.54) is 0 Å². The summed E-state index contributed by atoms with van der Waals surface area (Å²) in [7, 11) is 0. The Morgan fingerprint density at radius 2 is 1.79 bits per heavy atom. The van der Waals surface area contributed by atoms with Gasteiger partial charge in [-0.2, -0.15) is 0 Å². The molecule has 0 bridgehead atoms. The molecule has 0 aromatic rings. The van der Waals surface area contributed by atoms with E-state index in [1.807, 2.05) is 6.92 Å². The number of hydrogen-bond donors (Lipinski definition) is 3. The third-order valence-corrected chi connectivity index (χ3v) is 2.60. The van der Waals surface area contributed by atoms with Crippen LogP contribution in [0.1, 0.15) is 47.0 Å². The summed E-state index contributed by atoms with van der Waals surface area (Å²) in [6.45, 7) is 7.45. The van der Waals surface area contributed by atoms with Crippen molar-refractivity contribution in [1.82, 2.24) is 10.6 Å². The highest BCUT2D eigenvalue weighted by Crippen LogP contribution is 2.12. The van der Waals surface area contributed by atoms with Crippen LogP contribution in [0.15, 0.2) is 0 Å². The van der Waals surface area contributed by atoms with E-state index in [0.717, 1.165) is 0 Å². The fraction of sp³-hybridized carbons (Fsp3) is 0.769. The van der Waals surface area contributed by atoms with Crippen LogP contribution in [-0.4, -0.2) is 35.5 Å². The van der Waals surface area contributed by atoms with Crippen molar-refractivity contribution in [1.29, 1.82) is 0 Å². The Labute approximate surface area is 113 Å². The van der Waals surface area contributed by atoms with Crippen LogP contribution in [0.3, 0.4) is 0 Å². The highest BCUT2D eigenvalue weighted by Gasteiger charge is 2.21. The smallest absolute Gasteiger partial charge is 0.305 e. The lowest BCUT2D eigenvalue weighted by atomic mass is 9.96. The Morgan fingerprint density at radius 3 is 2.21 bits per heavy atom. The highest BCUT2D eigenvalue weighted by molar-refractivity contribution is 5.82. The fourth-order valence-corrected chi connectivity index (χ4v) is 1.36. The predicted molar refractivity (Wildman–Crippen MR) is 71.6 cm³/mol. The number of carboxylic acid groups (broad SMARTS) is 1. The van der Waals surface area contributed by atoms with Gasteiger partial charge in [0.05, 0.1) is 6.42 Å². The van der Waals surface area contributed by atoms with Crippen LogP contribution < -0.4 is 10.6 Å². The molecule has 0 aliphatic rings. The van der Waals surface area contributed by atoms with E-state index >= 15 is 0 Å². The molecule has 0 rings (SSSR count). The van der Waals surface area contributed by atoms with E-state index in [2.05, 4.69) is 10.6 Å². The van der Waals surface area contributed by atoms with Gasteiger partial charge in [0.2, 0.25) is 11.8 Å². The molecule has 0 saturated carbocycles. The van der Waals surface area contributed by atoms with Gasteiger partial charge in [-0.1, -0.05) is 27.7 Å². The van der Waals surface area contributed by atoms with Crippen molar-refractivity contribution < 1.29 is 19.5 Å². The number of carbonyl (C=O) groups is 3. The van der Waals surface area contributed by atoms with Gasteiger partial charge >= 0.3 is 5.97 Å². The van der Waals surface area contributed by atoms with E-state index in [9.17, 15) is 14.4 Å². The average Bonchev–Trinajstić information content (AvgIpc) is 2.25. The van der Waals surface area contributed by atoms with Crippen LogP contribution in [0.2, 0.25) is 0 Å². The van der Waals surface area contributed by atoms with E-state index in [1.54, 1.807) is 20.8 Å². The summed E-state index contributed by atoms with van der Waals surface area (Å²) >= 11 is 0. The number of amides is 2. The summed E-state index contributed by atoms with van der Waals surface area (Å²) in [4.78, 5) is 33.7. The number of rotatable bonds is 7. The van der Waals surface area contributed by atoms with Gasteiger partial charge in [-0.25, -0.2) is 0 Å². The number of carboxylic acids is 1. The third kappa shape index (κ3) is 8.18. The van der Waals surface area contributed by atoms with Gasteiger partial charge in [-0.15, -0.1) is 0 Å². The maximum atomic E-state index is 11.6. The summed E-state index contributed by atoms with van der Waals surface area (Å²) in [6, 6.07) is -0.358. The zero-order valence-electron chi connectivity index (χ0n) is 12.1. The Hall–Kier alpha value is -1.59. The van der Waals surface area contributed by atoms with Crippen LogP contribution in [0.4, 0.5) is 0 Å². The molecule has 1 unspecified atom stereocenters. The molecule has 0 heterocycles. The van der Waals surface area contributed by atoms with E-state index < -0.39 is 11.4 Å². The topological polar surface area (TPSA) is 95.5 Å². The second-order valence-electron chi connectivity index (χ2n) is 5.53. The monoisotopic (exact) mass is 272 g/mol. The fourth-order valence-electron chi connectivity index (χ4n) is 1.36. The first kappa shape index (κ1) is 17.4. The molecular formula is C13H24N2O4. The van der Waals surface area contributed by atoms with Crippen molar-refractivity contribution in [3.05, 3.63) is 0 Å². The Kier molecular flexibility index (Phi) is 7.11. The van der Waals surface area contributed by atoms with Crippen LogP contribution in [0.25, 0.3) is 0 Å². The first-order valence-electron chi connectivity index (χ1n) is 6.46. The standard InChI is InChI=1S/C13H24N2O4/c1-5-9(8-11(17)18)15-10(16)6-7-14-12(19)13(2,3)4/h9H,5-8H2,1-4H3,(H,14,19)(H,15,16)(H,17,18). The Bertz CT molecular complexity index is 334. The lowest BCUT2D eigenvalue weighted by molar-refractivity contribution is -0.137. The van der Waals surface area contributed by atoms with E-state index in [4.69, 9.17) is 5.11 Å². The average molecular weight is 272 g/mol. The van der Waals surface area contributed by atoms with Crippen LogP contribution in [-0.2, 0) is 14.4 Å². The van der Waals surface area contributed by atoms with Crippen molar-refractivity contribution in [2.24, 2.45) is 5.41 Å². The second kappa shape index (κ2) is 7.76. The molecule has 0 saturated heterocycles. The summed E-state index contributed by atoms with van der Waals surface area (Å²) < 4.78 is 0. The number of carbonyl (C=O) groups excluding carboxylic acids is 2. The van der Waals surface area contributed by atoms with Crippen molar-refractivity contribution >= 4 is 17.8 Å². The molecule has 6 nitrogen and oxygen atoms in total. The molecule has 0 radical (unpaired) electrons. The quantitative estimate of drug-likeness (QED) is 0.642. The molecule has 3 N–H and O–H groups in total. The minimum atomic E-state index is -0.937. The van der Waals surface area contributed by atoms with Crippen LogP contribution >= 0.6 is 0 Å². The van der Waals surface area contributed by atoms with Gasteiger partial charge in [0.25, 0.3) is 0 Å². The van der Waals surface area contributed by atoms with E-state index in [-0.39, 0.29) is 37.2 Å². The zero-order chi connectivity index (χ0) is 15.1. The minimum Gasteiger partial charge on any atom is -0.481 e. The van der Waals surface area contributed by atoms with Crippen molar-refractivity contribution in [3.8, 4) is 0 Å². The largest absolute Gasteiger partial charge is 0.481 e. The first-order valence-corrected chi connectivity index (χ1v) is 6.46. The summed E-state index contributed by atoms with van der Waals surface area (Å²) in [5.41, 5.74) is -0.480. The Morgan fingerprint density at radius 1 is 1.21 bits per heavy atom. The third-order valence-electron chi connectivity index (χ3n) is 2.60. The summed E-state index contributed by atoms with van der Waals surface area (Å²) in [5, 5.41) is 14.0. The van der Waals surface area contributed by atoms with E-state index in [0.29, 0.717) is 6.42 Å². The zero-order valence-corrected chi connectivity index (χ0v) is 12.1. The molecule has 1 atom stereocenters. The van der Waals surface area contributed by atoms with Crippen molar-refractivity contribution in [2.75, 3.05) is 6.54 Å².